The number of anilines is 1. The third-order valence-electron chi connectivity index (χ3n) is 6.72. The van der Waals surface area contributed by atoms with Gasteiger partial charge in [-0.3, -0.25) is 0 Å². The van der Waals surface area contributed by atoms with E-state index >= 15 is 0 Å². The lowest BCUT2D eigenvalue weighted by molar-refractivity contribution is -0.169. The van der Waals surface area contributed by atoms with Gasteiger partial charge in [0.05, 0.1) is 18.6 Å². The first kappa shape index (κ1) is 20.7. The molecule has 0 unspecified atom stereocenters. The maximum absolute atomic E-state index is 6.47. The molecule has 0 radical (unpaired) electrons. The van der Waals surface area contributed by atoms with Crippen molar-refractivity contribution in [2.45, 2.75) is 25.6 Å². The third-order valence-corrected chi connectivity index (χ3v) is 7.13. The fourth-order valence-electron chi connectivity index (χ4n) is 4.90. The fourth-order valence-corrected chi connectivity index (χ4v) is 5.07. The van der Waals surface area contributed by atoms with Crippen LogP contribution >= 0.6 is 11.6 Å². The van der Waals surface area contributed by atoms with Crippen LogP contribution in [0.25, 0.3) is 27.8 Å². The summed E-state index contributed by atoms with van der Waals surface area (Å²) in [4.78, 5) is 11.8. The Kier molecular flexibility index (Phi) is 5.09. The van der Waals surface area contributed by atoms with Crippen LogP contribution in [0.4, 0.5) is 5.82 Å². The van der Waals surface area contributed by atoms with Crippen LogP contribution in [0.3, 0.4) is 0 Å². The van der Waals surface area contributed by atoms with E-state index in [1.165, 1.54) is 0 Å². The SMILES string of the molecule is Cc1ccc(-n2cc(-c3ccccc3)c3c(N4CCC5(CC4)OCCO5)ncnc32)cc1Cl. The minimum Gasteiger partial charge on any atom is -0.356 e. The molecule has 2 saturated heterocycles. The molecule has 0 bridgehead atoms. The Labute approximate surface area is 197 Å². The summed E-state index contributed by atoms with van der Waals surface area (Å²) in [7, 11) is 0. The van der Waals surface area contributed by atoms with Crippen LogP contribution < -0.4 is 4.90 Å². The van der Waals surface area contributed by atoms with Gasteiger partial charge < -0.3 is 18.9 Å². The molecule has 2 aromatic carbocycles. The molecule has 4 aromatic rings. The molecule has 0 atom stereocenters. The number of aromatic nitrogens is 3. The highest BCUT2D eigenvalue weighted by atomic mass is 35.5. The number of fused-ring (bicyclic) bond motifs is 1. The fraction of sp³-hybridized carbons (Fsp3) is 0.308. The van der Waals surface area contributed by atoms with Crippen molar-refractivity contribution in [2.75, 3.05) is 31.2 Å². The minimum atomic E-state index is -0.421. The molecular weight excluding hydrogens is 436 g/mol. The molecule has 7 heteroatoms. The second-order valence-electron chi connectivity index (χ2n) is 8.70. The van der Waals surface area contributed by atoms with Gasteiger partial charge in [0.25, 0.3) is 0 Å². The van der Waals surface area contributed by atoms with Crippen LogP contribution in [-0.2, 0) is 9.47 Å². The zero-order chi connectivity index (χ0) is 22.4. The normalized spacial score (nSPS) is 17.8. The molecule has 33 heavy (non-hydrogen) atoms. The predicted molar refractivity (Wildman–Crippen MR) is 130 cm³/mol. The summed E-state index contributed by atoms with van der Waals surface area (Å²) in [6, 6.07) is 16.5. The molecule has 0 aliphatic carbocycles. The van der Waals surface area contributed by atoms with Crippen LogP contribution in [0.2, 0.25) is 5.02 Å². The first-order chi connectivity index (χ1) is 16.1. The van der Waals surface area contributed by atoms with E-state index in [0.29, 0.717) is 13.2 Å². The zero-order valence-electron chi connectivity index (χ0n) is 18.5. The smallest absolute Gasteiger partial charge is 0.171 e. The predicted octanol–water partition coefficient (Wildman–Crippen LogP) is 5.39. The summed E-state index contributed by atoms with van der Waals surface area (Å²) in [5, 5.41) is 1.78. The number of aryl methyl sites for hydroxylation is 1. The maximum Gasteiger partial charge on any atom is 0.171 e. The van der Waals surface area contributed by atoms with E-state index in [1.807, 2.05) is 25.1 Å². The number of nitrogens with zero attached hydrogens (tertiary/aromatic N) is 4. The summed E-state index contributed by atoms with van der Waals surface area (Å²) >= 11 is 6.47. The number of rotatable bonds is 3. The van der Waals surface area contributed by atoms with Crippen molar-refractivity contribution in [1.82, 2.24) is 14.5 Å². The van der Waals surface area contributed by atoms with Crippen LogP contribution in [0, 0.1) is 6.92 Å². The highest BCUT2D eigenvalue weighted by Crippen LogP contribution is 2.39. The molecule has 2 aromatic heterocycles. The van der Waals surface area contributed by atoms with Crippen molar-refractivity contribution in [2.24, 2.45) is 0 Å². The molecule has 0 saturated carbocycles. The van der Waals surface area contributed by atoms with Crippen LogP contribution in [0.1, 0.15) is 18.4 Å². The molecule has 4 heterocycles. The van der Waals surface area contributed by atoms with E-state index in [2.05, 4.69) is 46.0 Å². The van der Waals surface area contributed by atoms with E-state index in [1.54, 1.807) is 6.33 Å². The van der Waals surface area contributed by atoms with Crippen LogP contribution in [-0.4, -0.2) is 46.6 Å². The summed E-state index contributed by atoms with van der Waals surface area (Å²) in [5.74, 6) is 0.527. The van der Waals surface area contributed by atoms with E-state index in [9.17, 15) is 0 Å². The van der Waals surface area contributed by atoms with Gasteiger partial charge >= 0.3 is 0 Å². The first-order valence-electron chi connectivity index (χ1n) is 11.3. The lowest BCUT2D eigenvalue weighted by Crippen LogP contribution is -2.45. The number of halogens is 1. The van der Waals surface area contributed by atoms with Gasteiger partial charge in [0.2, 0.25) is 0 Å². The zero-order valence-corrected chi connectivity index (χ0v) is 19.3. The topological polar surface area (TPSA) is 52.4 Å². The largest absolute Gasteiger partial charge is 0.356 e. The van der Waals surface area contributed by atoms with E-state index in [0.717, 1.165) is 70.2 Å². The van der Waals surface area contributed by atoms with Crippen molar-refractivity contribution in [3.05, 3.63) is 71.6 Å². The molecule has 2 fully saturated rings. The highest BCUT2D eigenvalue weighted by molar-refractivity contribution is 6.31. The number of ether oxygens (including phenoxy) is 2. The Hall–Kier alpha value is -2.93. The molecule has 0 amide bonds. The van der Waals surface area contributed by atoms with Gasteiger partial charge in [0, 0.05) is 48.4 Å². The van der Waals surface area contributed by atoms with Gasteiger partial charge in [-0.2, -0.15) is 0 Å². The summed E-state index contributed by atoms with van der Waals surface area (Å²) in [6.07, 6.45) is 5.46. The summed E-state index contributed by atoms with van der Waals surface area (Å²) in [6.45, 7) is 5.01. The molecule has 2 aliphatic heterocycles. The summed E-state index contributed by atoms with van der Waals surface area (Å²) in [5.41, 5.74) is 5.13. The number of hydrogen-bond acceptors (Lipinski definition) is 5. The minimum absolute atomic E-state index is 0.421. The molecule has 2 aliphatic rings. The van der Waals surface area contributed by atoms with E-state index in [4.69, 9.17) is 31.0 Å². The van der Waals surface area contributed by atoms with Gasteiger partial charge in [-0.15, -0.1) is 0 Å². The Morgan fingerprint density at radius 3 is 2.45 bits per heavy atom. The molecule has 6 rings (SSSR count). The van der Waals surface area contributed by atoms with Gasteiger partial charge in [-0.1, -0.05) is 48.0 Å². The van der Waals surface area contributed by atoms with Gasteiger partial charge in [0.15, 0.2) is 11.4 Å². The van der Waals surface area contributed by atoms with Gasteiger partial charge in [-0.05, 0) is 30.2 Å². The van der Waals surface area contributed by atoms with Gasteiger partial charge in [0.1, 0.15) is 12.1 Å². The Morgan fingerprint density at radius 1 is 0.970 bits per heavy atom. The second kappa shape index (κ2) is 8.13. The van der Waals surface area contributed by atoms with Crippen LogP contribution in [0.5, 0.6) is 0 Å². The molecule has 0 N–H and O–H groups in total. The Balaban J connectivity index is 1.50. The summed E-state index contributed by atoms with van der Waals surface area (Å²) < 4.78 is 14.0. The van der Waals surface area contributed by atoms with Crippen LogP contribution in [0.15, 0.2) is 61.1 Å². The number of piperidine rings is 1. The standard InChI is InChI=1S/C26H25ClN4O2/c1-18-7-8-20(15-22(18)27)31-16-21(19-5-3-2-4-6-19)23-24(28-17-29-25(23)31)30-11-9-26(10-12-30)32-13-14-33-26/h2-8,15-17H,9-14H2,1H3. The van der Waals surface area contributed by atoms with Crippen molar-refractivity contribution in [1.29, 1.82) is 0 Å². The molecule has 168 valence electrons. The van der Waals surface area contributed by atoms with E-state index < -0.39 is 5.79 Å². The number of hydrogen-bond donors (Lipinski definition) is 0. The van der Waals surface area contributed by atoms with E-state index in [-0.39, 0.29) is 0 Å². The van der Waals surface area contributed by atoms with Gasteiger partial charge in [-0.25, -0.2) is 9.97 Å². The monoisotopic (exact) mass is 460 g/mol. The Morgan fingerprint density at radius 2 is 1.73 bits per heavy atom. The molecule has 1 spiro atoms. The number of benzene rings is 2. The second-order valence-corrected chi connectivity index (χ2v) is 9.11. The average molecular weight is 461 g/mol. The molecule has 6 nitrogen and oxygen atoms in total. The quantitative estimate of drug-likeness (QED) is 0.410. The van der Waals surface area contributed by atoms with Crippen molar-refractivity contribution in [3.63, 3.8) is 0 Å². The Bertz CT molecular complexity index is 1300. The lowest BCUT2D eigenvalue weighted by atomic mass is 10.0. The maximum atomic E-state index is 6.47. The highest BCUT2D eigenvalue weighted by Gasteiger charge is 2.40. The van der Waals surface area contributed by atoms with Crippen molar-refractivity contribution in [3.8, 4) is 16.8 Å². The van der Waals surface area contributed by atoms with Crippen molar-refractivity contribution < 1.29 is 9.47 Å². The lowest BCUT2D eigenvalue weighted by Gasteiger charge is -2.38. The first-order valence-corrected chi connectivity index (χ1v) is 11.7. The van der Waals surface area contributed by atoms with Crippen molar-refractivity contribution >= 4 is 28.5 Å². The molecular formula is C26H25ClN4O2. The third kappa shape index (κ3) is 3.59. The average Bonchev–Trinajstić information content (AvgIpc) is 3.47.